The summed E-state index contributed by atoms with van der Waals surface area (Å²) < 4.78 is 5.16. The molecule has 1 aromatic carbocycles. The van der Waals surface area contributed by atoms with E-state index in [1.165, 1.54) is 17.0 Å². The highest BCUT2D eigenvalue weighted by Gasteiger charge is 2.45. The molecule has 1 aromatic heterocycles. The maximum Gasteiger partial charge on any atom is 0.294 e. The van der Waals surface area contributed by atoms with Crippen LogP contribution in [0.5, 0.6) is 0 Å². The van der Waals surface area contributed by atoms with Crippen molar-refractivity contribution in [2.45, 2.75) is 32.7 Å². The fourth-order valence-corrected chi connectivity index (χ4v) is 2.84. The molecule has 1 aliphatic rings. The van der Waals surface area contributed by atoms with Crippen molar-refractivity contribution in [2.24, 2.45) is 0 Å². The average Bonchev–Trinajstić information content (AvgIpc) is 2.95. The minimum absolute atomic E-state index is 0.0481. The van der Waals surface area contributed by atoms with Gasteiger partial charge in [-0.2, -0.15) is 0 Å². The van der Waals surface area contributed by atoms with Gasteiger partial charge >= 0.3 is 0 Å². The van der Waals surface area contributed by atoms with Gasteiger partial charge in [0.2, 0.25) is 5.91 Å². The van der Waals surface area contributed by atoms with Crippen molar-refractivity contribution in [2.75, 3.05) is 10.6 Å². The molecule has 8 nitrogen and oxygen atoms in total. The first-order valence-corrected chi connectivity index (χ1v) is 7.04. The second-order valence-corrected chi connectivity index (χ2v) is 6.14. The zero-order chi connectivity index (χ0) is 16.9. The molecular formula is C15H16N4O4. The van der Waals surface area contributed by atoms with E-state index in [2.05, 4.69) is 5.16 Å². The van der Waals surface area contributed by atoms with Crippen molar-refractivity contribution in [3.63, 3.8) is 0 Å². The van der Waals surface area contributed by atoms with Gasteiger partial charge in [0.05, 0.1) is 28.3 Å². The number of hydrogen-bond acceptors (Lipinski definition) is 6. The Morgan fingerprint density at radius 3 is 2.65 bits per heavy atom. The number of carbonyl (C=O) groups excluding carboxylic acids is 1. The molecule has 1 aliphatic heterocycles. The van der Waals surface area contributed by atoms with E-state index in [-0.39, 0.29) is 23.8 Å². The number of nitrogens with two attached hydrogens (primary N) is 1. The second-order valence-electron chi connectivity index (χ2n) is 6.14. The Morgan fingerprint density at radius 2 is 2.09 bits per heavy atom. The number of rotatable bonds is 3. The lowest BCUT2D eigenvalue weighted by molar-refractivity contribution is -0.383. The predicted molar refractivity (Wildman–Crippen MR) is 83.0 cm³/mol. The first kappa shape index (κ1) is 15.0. The summed E-state index contributed by atoms with van der Waals surface area (Å²) in [7, 11) is 0. The molecule has 2 aromatic rings. The van der Waals surface area contributed by atoms with Crippen LogP contribution in [0.4, 0.5) is 17.1 Å². The molecule has 2 heterocycles. The van der Waals surface area contributed by atoms with E-state index in [4.69, 9.17) is 10.3 Å². The Morgan fingerprint density at radius 1 is 1.39 bits per heavy atom. The number of hydrogen-bond donors (Lipinski definition) is 1. The number of nitro groups is 1. The van der Waals surface area contributed by atoms with Gasteiger partial charge < -0.3 is 15.2 Å². The van der Waals surface area contributed by atoms with Crippen LogP contribution in [0.15, 0.2) is 22.7 Å². The number of benzene rings is 1. The zero-order valence-corrected chi connectivity index (χ0v) is 13.0. The number of nitrogen functional groups attached to an aromatic ring is 1. The summed E-state index contributed by atoms with van der Waals surface area (Å²) in [6.45, 7) is 5.48. The lowest BCUT2D eigenvalue weighted by Gasteiger charge is -2.19. The van der Waals surface area contributed by atoms with Crippen molar-refractivity contribution in [1.82, 2.24) is 5.16 Å². The molecule has 0 saturated heterocycles. The van der Waals surface area contributed by atoms with Gasteiger partial charge in [0, 0.05) is 12.1 Å². The fraction of sp³-hybridized carbons (Fsp3) is 0.333. The summed E-state index contributed by atoms with van der Waals surface area (Å²) in [6.07, 6.45) is 0. The van der Waals surface area contributed by atoms with Crippen molar-refractivity contribution in [3.8, 4) is 0 Å². The monoisotopic (exact) mass is 316 g/mol. The highest BCUT2D eigenvalue weighted by Crippen LogP contribution is 2.45. The third-order valence-corrected chi connectivity index (χ3v) is 4.08. The van der Waals surface area contributed by atoms with Crippen molar-refractivity contribution in [3.05, 3.63) is 45.3 Å². The molecule has 0 bridgehead atoms. The van der Waals surface area contributed by atoms with Crippen LogP contribution in [-0.4, -0.2) is 16.0 Å². The topological polar surface area (TPSA) is 116 Å². The number of amides is 1. The van der Waals surface area contributed by atoms with Gasteiger partial charge in [-0.15, -0.1) is 0 Å². The van der Waals surface area contributed by atoms with Crippen LogP contribution in [0.1, 0.15) is 30.9 Å². The van der Waals surface area contributed by atoms with E-state index >= 15 is 0 Å². The van der Waals surface area contributed by atoms with Crippen molar-refractivity contribution in [1.29, 1.82) is 0 Å². The van der Waals surface area contributed by atoms with E-state index in [0.29, 0.717) is 22.7 Å². The molecule has 1 amide bonds. The van der Waals surface area contributed by atoms with Crippen LogP contribution in [0.25, 0.3) is 0 Å². The average molecular weight is 316 g/mol. The van der Waals surface area contributed by atoms with E-state index in [1.807, 2.05) is 0 Å². The van der Waals surface area contributed by atoms with Gasteiger partial charge in [-0.3, -0.25) is 14.9 Å². The maximum atomic E-state index is 12.7. The number of aromatic nitrogens is 1. The third-order valence-electron chi connectivity index (χ3n) is 4.08. The molecule has 0 unspecified atom stereocenters. The smallest absolute Gasteiger partial charge is 0.294 e. The Balaban J connectivity index is 2.11. The van der Waals surface area contributed by atoms with Crippen LogP contribution in [-0.2, 0) is 16.8 Å². The summed E-state index contributed by atoms with van der Waals surface area (Å²) >= 11 is 0. The molecule has 0 aliphatic carbocycles. The Hall–Kier alpha value is -2.90. The van der Waals surface area contributed by atoms with Gasteiger partial charge in [0.15, 0.2) is 5.76 Å². The molecule has 3 rings (SSSR count). The summed E-state index contributed by atoms with van der Waals surface area (Å²) in [6, 6.07) is 4.58. The largest absolute Gasteiger partial charge is 0.393 e. The van der Waals surface area contributed by atoms with E-state index in [9.17, 15) is 14.9 Å². The Labute approximate surface area is 132 Å². The second kappa shape index (κ2) is 4.80. The quantitative estimate of drug-likeness (QED) is 0.527. The summed E-state index contributed by atoms with van der Waals surface area (Å²) in [4.78, 5) is 24.8. The van der Waals surface area contributed by atoms with Gasteiger partial charge in [-0.1, -0.05) is 5.16 Å². The number of nitrogens with zero attached hydrogens (tertiary/aromatic N) is 3. The first-order valence-electron chi connectivity index (χ1n) is 7.04. The first-order chi connectivity index (χ1) is 10.7. The van der Waals surface area contributed by atoms with E-state index in [0.717, 1.165) is 0 Å². The van der Waals surface area contributed by atoms with Gasteiger partial charge in [-0.25, -0.2) is 0 Å². The van der Waals surface area contributed by atoms with E-state index < -0.39 is 10.3 Å². The maximum absolute atomic E-state index is 12.7. The van der Waals surface area contributed by atoms with Crippen LogP contribution in [0.2, 0.25) is 0 Å². The lowest BCUT2D eigenvalue weighted by Crippen LogP contribution is -2.35. The van der Waals surface area contributed by atoms with Crippen LogP contribution in [0, 0.1) is 17.0 Å². The minimum atomic E-state index is -0.812. The molecule has 0 spiro atoms. The number of anilines is 2. The Bertz CT molecular complexity index is 825. The number of fused-ring (bicyclic) bond motifs is 1. The molecular weight excluding hydrogens is 300 g/mol. The highest BCUT2D eigenvalue weighted by atomic mass is 16.6. The normalized spacial score (nSPS) is 15.8. The van der Waals surface area contributed by atoms with Crippen LogP contribution < -0.4 is 10.6 Å². The minimum Gasteiger partial charge on any atom is -0.393 e. The summed E-state index contributed by atoms with van der Waals surface area (Å²) in [5.74, 6) is 0.348. The molecule has 2 N–H and O–H groups in total. The predicted octanol–water partition coefficient (Wildman–Crippen LogP) is 2.30. The molecule has 0 atom stereocenters. The standard InChI is InChI=1S/C15H16N4O4/c1-8-4-9(23-17-8)7-18-12-6-13(19(21)22)11(16)5-10(12)15(2,3)14(18)20/h4-6H,7,16H2,1-3H3. The number of aryl methyl sites for hydroxylation is 1. The zero-order valence-electron chi connectivity index (χ0n) is 13.0. The van der Waals surface area contributed by atoms with Crippen molar-refractivity contribution >= 4 is 23.0 Å². The molecule has 0 fully saturated rings. The number of nitro benzene ring substituents is 1. The molecule has 23 heavy (non-hydrogen) atoms. The van der Waals surface area contributed by atoms with Crippen molar-refractivity contribution < 1.29 is 14.2 Å². The summed E-state index contributed by atoms with van der Waals surface area (Å²) in [5.41, 5.74) is 6.64. The summed E-state index contributed by atoms with van der Waals surface area (Å²) in [5, 5.41) is 14.9. The van der Waals surface area contributed by atoms with Crippen LogP contribution in [0.3, 0.4) is 0 Å². The third kappa shape index (κ3) is 2.23. The van der Waals surface area contributed by atoms with Crippen LogP contribution >= 0.6 is 0 Å². The molecule has 0 saturated carbocycles. The lowest BCUT2D eigenvalue weighted by atomic mass is 9.86. The molecule has 120 valence electrons. The Kier molecular flexibility index (Phi) is 3.13. The molecule has 8 heteroatoms. The fourth-order valence-electron chi connectivity index (χ4n) is 2.84. The highest BCUT2D eigenvalue weighted by molar-refractivity contribution is 6.08. The number of carbonyl (C=O) groups is 1. The SMILES string of the molecule is Cc1cc(CN2C(=O)C(C)(C)c3cc(N)c([N+](=O)[O-])cc32)on1. The molecule has 0 radical (unpaired) electrons. The van der Waals surface area contributed by atoms with Gasteiger partial charge in [0.1, 0.15) is 5.69 Å². The van der Waals surface area contributed by atoms with E-state index in [1.54, 1.807) is 26.8 Å². The van der Waals surface area contributed by atoms with Gasteiger partial charge in [0.25, 0.3) is 5.69 Å². The van der Waals surface area contributed by atoms with Gasteiger partial charge in [-0.05, 0) is 32.4 Å².